The molecule has 2 amide bonds. The van der Waals surface area contributed by atoms with E-state index in [1.54, 1.807) is 0 Å². The van der Waals surface area contributed by atoms with E-state index in [4.69, 9.17) is 0 Å². The van der Waals surface area contributed by atoms with Gasteiger partial charge in [0.25, 0.3) is 0 Å². The number of carbonyl (C=O) groups is 1. The smallest absolute Gasteiger partial charge is 0.321 e. The molecule has 0 unspecified atom stereocenters. The van der Waals surface area contributed by atoms with Crippen molar-refractivity contribution in [2.75, 3.05) is 39.0 Å². The Morgan fingerprint density at radius 3 is 2.15 bits per heavy atom. The minimum atomic E-state index is 0.00658. The lowest BCUT2D eigenvalue weighted by Gasteiger charge is -2.57. The number of hydrogen-bond donors (Lipinski definition) is 1. The largest absolute Gasteiger partial charge is 0.327 e. The Labute approximate surface area is 163 Å². The van der Waals surface area contributed by atoms with Gasteiger partial charge in [0, 0.05) is 38.3 Å². The molecule has 0 radical (unpaired) electrons. The summed E-state index contributed by atoms with van der Waals surface area (Å²) in [6.45, 7) is 3.02. The van der Waals surface area contributed by atoms with Crippen molar-refractivity contribution in [1.29, 1.82) is 0 Å². The molecule has 4 saturated carbocycles. The molecule has 6 rings (SSSR count). The molecule has 0 aromatic heterocycles. The first-order chi connectivity index (χ1) is 13.0. The van der Waals surface area contributed by atoms with Gasteiger partial charge < -0.3 is 15.1 Å². The monoisotopic (exact) mass is 367 g/mol. The molecule has 1 aliphatic heterocycles. The molecule has 4 heteroatoms. The summed E-state index contributed by atoms with van der Waals surface area (Å²) >= 11 is 0. The number of nitrogens with zero attached hydrogens (tertiary/aromatic N) is 2. The number of likely N-dealkylation sites (tertiary alicyclic amines) is 1. The number of amides is 2. The van der Waals surface area contributed by atoms with Crippen LogP contribution in [0.5, 0.6) is 0 Å². The standard InChI is InChI=1S/C23H33N3O/c1-25-13-19(14-25)15-26(2)22(27)24-21-5-3-20(4-6-21)23-10-16-7-17(11-23)9-18(8-16)12-23/h3-6,16-19H,7-15H2,1-2H3,(H,24,27). The summed E-state index contributed by atoms with van der Waals surface area (Å²) in [7, 11) is 4.03. The second kappa shape index (κ2) is 6.51. The van der Waals surface area contributed by atoms with Crippen molar-refractivity contribution in [3.8, 4) is 0 Å². The maximum Gasteiger partial charge on any atom is 0.321 e. The van der Waals surface area contributed by atoms with Crippen LogP contribution in [0.4, 0.5) is 10.5 Å². The van der Waals surface area contributed by atoms with Gasteiger partial charge >= 0.3 is 6.03 Å². The molecule has 5 fully saturated rings. The molecule has 4 aliphatic carbocycles. The van der Waals surface area contributed by atoms with Gasteiger partial charge in [0.15, 0.2) is 0 Å². The summed E-state index contributed by atoms with van der Waals surface area (Å²) < 4.78 is 0. The lowest BCUT2D eigenvalue weighted by Crippen LogP contribution is -2.50. The quantitative estimate of drug-likeness (QED) is 0.866. The number of anilines is 1. The molecule has 1 aromatic carbocycles. The molecule has 4 nitrogen and oxygen atoms in total. The zero-order valence-corrected chi connectivity index (χ0v) is 16.8. The van der Waals surface area contributed by atoms with E-state index in [1.165, 1.54) is 44.1 Å². The number of urea groups is 1. The second-order valence-electron chi connectivity index (χ2n) is 10.2. The number of rotatable bonds is 4. The van der Waals surface area contributed by atoms with Crippen molar-refractivity contribution < 1.29 is 4.79 Å². The van der Waals surface area contributed by atoms with Gasteiger partial charge in [-0.2, -0.15) is 0 Å². The number of benzene rings is 1. The Hall–Kier alpha value is -1.55. The predicted octanol–water partition coefficient (Wildman–Crippen LogP) is 4.18. The Bertz CT molecular complexity index is 672. The van der Waals surface area contributed by atoms with Crippen molar-refractivity contribution in [3.05, 3.63) is 29.8 Å². The topological polar surface area (TPSA) is 35.6 Å². The van der Waals surface area contributed by atoms with Crippen molar-refractivity contribution in [3.63, 3.8) is 0 Å². The highest BCUT2D eigenvalue weighted by Gasteiger charge is 2.51. The molecule has 4 bridgehead atoms. The van der Waals surface area contributed by atoms with Crippen LogP contribution in [0.3, 0.4) is 0 Å². The molecule has 1 saturated heterocycles. The fourth-order valence-corrected chi connectivity index (χ4v) is 7.00. The second-order valence-corrected chi connectivity index (χ2v) is 10.2. The van der Waals surface area contributed by atoms with Crippen molar-refractivity contribution in [2.24, 2.45) is 23.7 Å². The first kappa shape index (κ1) is 17.5. The van der Waals surface area contributed by atoms with E-state index in [9.17, 15) is 4.79 Å². The summed E-state index contributed by atoms with van der Waals surface area (Å²) in [6.07, 6.45) is 8.62. The van der Waals surface area contributed by atoms with Crippen LogP contribution < -0.4 is 5.32 Å². The molecule has 1 aromatic rings. The van der Waals surface area contributed by atoms with E-state index in [0.717, 1.165) is 43.1 Å². The van der Waals surface area contributed by atoms with Gasteiger partial charge in [0.1, 0.15) is 0 Å². The Morgan fingerprint density at radius 1 is 1.07 bits per heavy atom. The minimum Gasteiger partial charge on any atom is -0.327 e. The lowest BCUT2D eigenvalue weighted by molar-refractivity contribution is -0.00518. The molecule has 0 spiro atoms. The fraction of sp³-hybridized carbons (Fsp3) is 0.696. The molecular weight excluding hydrogens is 334 g/mol. The SMILES string of the molecule is CN1CC(CN(C)C(=O)Nc2ccc(C34CC5CC(CC(C5)C3)C4)cc2)C1. The third-order valence-electron chi connectivity index (χ3n) is 7.81. The number of hydrogen-bond acceptors (Lipinski definition) is 2. The van der Waals surface area contributed by atoms with Gasteiger partial charge in [-0.25, -0.2) is 4.79 Å². The summed E-state index contributed by atoms with van der Waals surface area (Å²) in [5.74, 6) is 3.52. The number of carbonyl (C=O) groups excluding carboxylic acids is 1. The van der Waals surface area contributed by atoms with Gasteiger partial charge in [-0.1, -0.05) is 12.1 Å². The van der Waals surface area contributed by atoms with Crippen molar-refractivity contribution in [1.82, 2.24) is 9.80 Å². The van der Waals surface area contributed by atoms with Crippen molar-refractivity contribution >= 4 is 11.7 Å². The molecule has 146 valence electrons. The third-order valence-corrected chi connectivity index (χ3v) is 7.81. The predicted molar refractivity (Wildman–Crippen MR) is 109 cm³/mol. The van der Waals surface area contributed by atoms with Gasteiger partial charge in [0.05, 0.1) is 0 Å². The van der Waals surface area contributed by atoms with Crippen LogP contribution in [-0.4, -0.2) is 49.6 Å². The van der Waals surface area contributed by atoms with Gasteiger partial charge in [-0.15, -0.1) is 0 Å². The minimum absolute atomic E-state index is 0.00658. The van der Waals surface area contributed by atoms with Crippen LogP contribution in [0.25, 0.3) is 0 Å². The highest BCUT2D eigenvalue weighted by atomic mass is 16.2. The Balaban J connectivity index is 1.22. The van der Waals surface area contributed by atoms with E-state index in [-0.39, 0.29) is 6.03 Å². The van der Waals surface area contributed by atoms with E-state index in [2.05, 4.69) is 41.5 Å². The highest BCUT2D eigenvalue weighted by Crippen LogP contribution is 2.60. The molecule has 27 heavy (non-hydrogen) atoms. The zero-order valence-electron chi connectivity index (χ0n) is 16.8. The van der Waals surface area contributed by atoms with E-state index < -0.39 is 0 Å². The maximum atomic E-state index is 12.5. The van der Waals surface area contributed by atoms with Gasteiger partial charge in [-0.05, 0) is 86.4 Å². The highest BCUT2D eigenvalue weighted by molar-refractivity contribution is 5.89. The van der Waals surface area contributed by atoms with Crippen LogP contribution in [-0.2, 0) is 5.41 Å². The summed E-state index contributed by atoms with van der Waals surface area (Å²) in [4.78, 5) is 16.6. The maximum absolute atomic E-state index is 12.5. The molecular formula is C23H33N3O. The fourth-order valence-electron chi connectivity index (χ4n) is 7.00. The molecule has 1 heterocycles. The Kier molecular flexibility index (Phi) is 4.23. The van der Waals surface area contributed by atoms with Crippen LogP contribution in [0.1, 0.15) is 44.1 Å². The normalized spacial score (nSPS) is 35.1. The average molecular weight is 368 g/mol. The van der Waals surface area contributed by atoms with Crippen LogP contribution in [0.15, 0.2) is 24.3 Å². The van der Waals surface area contributed by atoms with Crippen molar-refractivity contribution in [2.45, 2.75) is 43.9 Å². The first-order valence-electron chi connectivity index (χ1n) is 10.8. The van der Waals surface area contributed by atoms with E-state index >= 15 is 0 Å². The third kappa shape index (κ3) is 3.26. The lowest BCUT2D eigenvalue weighted by atomic mass is 9.48. The van der Waals surface area contributed by atoms with Crippen LogP contribution in [0, 0.1) is 23.7 Å². The zero-order chi connectivity index (χ0) is 18.6. The van der Waals surface area contributed by atoms with Crippen LogP contribution in [0.2, 0.25) is 0 Å². The molecule has 0 atom stereocenters. The number of nitrogens with one attached hydrogen (secondary N) is 1. The average Bonchev–Trinajstić information content (AvgIpc) is 2.59. The molecule has 1 N–H and O–H groups in total. The molecule has 5 aliphatic rings. The van der Waals surface area contributed by atoms with E-state index in [1.807, 2.05) is 11.9 Å². The summed E-state index contributed by atoms with van der Waals surface area (Å²) in [5, 5.41) is 3.08. The summed E-state index contributed by atoms with van der Waals surface area (Å²) in [5.41, 5.74) is 2.88. The van der Waals surface area contributed by atoms with E-state index in [0.29, 0.717) is 11.3 Å². The Morgan fingerprint density at radius 2 is 1.63 bits per heavy atom. The first-order valence-corrected chi connectivity index (χ1v) is 10.8. The van der Waals surface area contributed by atoms with Gasteiger partial charge in [-0.3, -0.25) is 0 Å². The summed E-state index contributed by atoms with van der Waals surface area (Å²) in [6, 6.07) is 8.84. The van der Waals surface area contributed by atoms with Gasteiger partial charge in [0.2, 0.25) is 0 Å². The van der Waals surface area contributed by atoms with Crippen LogP contribution >= 0.6 is 0 Å².